The monoisotopic (exact) mass is 556 g/mol. The first-order valence-electron chi connectivity index (χ1n) is 11.8. The van der Waals surface area contributed by atoms with Crippen LogP contribution in [0.3, 0.4) is 0 Å². The standard InChI is InChI=1S/C30H25ClN4O5/c1-38-25-12-11-24(29(39-2)30(25)40-3)28(31)21(16-27(37)35-23-9-5-7-20(15-23)18-33)10-13-26(36)34-22-8-4-6-19(14-22)17-32/h4-15H,16H2,1-3H3,(H,34,36)(H,35,37)/b13-10+,28-21-. The maximum Gasteiger partial charge on any atom is 0.248 e. The molecule has 0 radical (unpaired) electrons. The Morgan fingerprint density at radius 1 is 0.825 bits per heavy atom. The predicted octanol–water partition coefficient (Wildman–Crippen LogP) is 5.63. The average molecular weight is 557 g/mol. The molecule has 3 rings (SSSR count). The third-order valence-electron chi connectivity index (χ3n) is 5.54. The van der Waals surface area contributed by atoms with Crippen LogP contribution in [-0.2, 0) is 9.59 Å². The van der Waals surface area contributed by atoms with Crippen LogP contribution < -0.4 is 24.8 Å². The second kappa shape index (κ2) is 14.1. The molecule has 0 saturated carbocycles. The first-order chi connectivity index (χ1) is 19.3. The van der Waals surface area contributed by atoms with Crippen molar-refractivity contribution >= 4 is 39.8 Å². The summed E-state index contributed by atoms with van der Waals surface area (Å²) < 4.78 is 16.3. The number of hydrogen-bond acceptors (Lipinski definition) is 7. The van der Waals surface area contributed by atoms with Crippen molar-refractivity contribution in [2.24, 2.45) is 0 Å². The summed E-state index contributed by atoms with van der Waals surface area (Å²) in [5.41, 5.74) is 2.34. The van der Waals surface area contributed by atoms with Crippen molar-refractivity contribution < 1.29 is 23.8 Å². The van der Waals surface area contributed by atoms with Crippen LogP contribution in [-0.4, -0.2) is 33.1 Å². The highest BCUT2D eigenvalue weighted by Crippen LogP contribution is 2.44. The van der Waals surface area contributed by atoms with Crippen LogP contribution in [0.2, 0.25) is 0 Å². The van der Waals surface area contributed by atoms with Crippen molar-refractivity contribution in [3.05, 3.63) is 95.1 Å². The molecule has 0 atom stereocenters. The number of carbonyl (C=O) groups excluding carboxylic acids is 2. The summed E-state index contributed by atoms with van der Waals surface area (Å²) in [6.07, 6.45) is 2.43. The second-order valence-electron chi connectivity index (χ2n) is 8.15. The summed E-state index contributed by atoms with van der Waals surface area (Å²) in [6.45, 7) is 0. The number of ether oxygens (including phenoxy) is 3. The van der Waals surface area contributed by atoms with Gasteiger partial charge in [0.15, 0.2) is 11.5 Å². The summed E-state index contributed by atoms with van der Waals surface area (Å²) in [4.78, 5) is 25.7. The van der Waals surface area contributed by atoms with Crippen LogP contribution in [0.4, 0.5) is 11.4 Å². The fourth-order valence-corrected chi connectivity index (χ4v) is 4.01. The maximum absolute atomic E-state index is 13.0. The highest BCUT2D eigenvalue weighted by atomic mass is 35.5. The molecule has 0 aliphatic rings. The van der Waals surface area contributed by atoms with Gasteiger partial charge in [0, 0.05) is 23.0 Å². The molecule has 2 N–H and O–H groups in total. The predicted molar refractivity (Wildman–Crippen MR) is 152 cm³/mol. The zero-order chi connectivity index (χ0) is 29.1. The Morgan fingerprint density at radius 3 is 1.98 bits per heavy atom. The molecule has 0 aliphatic heterocycles. The lowest BCUT2D eigenvalue weighted by molar-refractivity contribution is -0.115. The Kier molecular flexibility index (Phi) is 10.3. The van der Waals surface area contributed by atoms with Crippen LogP contribution >= 0.6 is 11.6 Å². The number of amides is 2. The van der Waals surface area contributed by atoms with Crippen molar-refractivity contribution in [1.82, 2.24) is 0 Å². The molecule has 0 heterocycles. The number of carbonyl (C=O) groups is 2. The molecule has 202 valence electrons. The molecule has 0 aromatic heterocycles. The lowest BCUT2D eigenvalue weighted by atomic mass is 10.0. The van der Waals surface area contributed by atoms with Crippen LogP contribution in [0, 0.1) is 22.7 Å². The molecule has 9 nitrogen and oxygen atoms in total. The van der Waals surface area contributed by atoms with Crippen LogP contribution in [0.1, 0.15) is 23.1 Å². The fourth-order valence-electron chi connectivity index (χ4n) is 3.73. The van der Waals surface area contributed by atoms with Crippen LogP contribution in [0.5, 0.6) is 17.2 Å². The first-order valence-corrected chi connectivity index (χ1v) is 12.2. The van der Waals surface area contributed by atoms with Crippen LogP contribution in [0.15, 0.2) is 78.4 Å². The maximum atomic E-state index is 13.0. The Morgan fingerprint density at radius 2 is 1.43 bits per heavy atom. The Labute approximate surface area is 236 Å². The fraction of sp³-hybridized carbons (Fsp3) is 0.133. The molecule has 3 aromatic carbocycles. The van der Waals surface area contributed by atoms with E-state index in [2.05, 4.69) is 10.6 Å². The number of nitrogens with zero attached hydrogens (tertiary/aromatic N) is 2. The van der Waals surface area contributed by atoms with Crippen molar-refractivity contribution in [3.8, 4) is 29.4 Å². The van der Waals surface area contributed by atoms with Gasteiger partial charge in [-0.05, 0) is 54.1 Å². The third kappa shape index (κ3) is 7.41. The first kappa shape index (κ1) is 29.3. The lowest BCUT2D eigenvalue weighted by Crippen LogP contribution is -2.13. The molecule has 10 heteroatoms. The lowest BCUT2D eigenvalue weighted by Gasteiger charge is -2.17. The minimum Gasteiger partial charge on any atom is -0.493 e. The normalized spacial score (nSPS) is 11.1. The van der Waals surface area contributed by atoms with E-state index in [1.54, 1.807) is 54.6 Å². The van der Waals surface area contributed by atoms with E-state index in [1.807, 2.05) is 12.1 Å². The number of halogens is 1. The largest absolute Gasteiger partial charge is 0.493 e. The Bertz CT molecular complexity index is 1570. The van der Waals surface area contributed by atoms with E-state index >= 15 is 0 Å². The van der Waals surface area contributed by atoms with E-state index in [0.29, 0.717) is 45.1 Å². The highest BCUT2D eigenvalue weighted by Gasteiger charge is 2.20. The third-order valence-corrected chi connectivity index (χ3v) is 5.99. The number of methoxy groups -OCH3 is 3. The summed E-state index contributed by atoms with van der Waals surface area (Å²) in [7, 11) is 4.38. The minimum absolute atomic E-state index is 0.134. The molecule has 3 aromatic rings. The molecular formula is C30H25ClN4O5. The average Bonchev–Trinajstić information content (AvgIpc) is 2.98. The van der Waals surface area contributed by atoms with Crippen molar-refractivity contribution in [2.45, 2.75) is 6.42 Å². The van der Waals surface area contributed by atoms with Gasteiger partial charge < -0.3 is 24.8 Å². The Balaban J connectivity index is 1.99. The quantitative estimate of drug-likeness (QED) is 0.244. The minimum atomic E-state index is -0.501. The molecule has 40 heavy (non-hydrogen) atoms. The summed E-state index contributed by atoms with van der Waals surface area (Å²) >= 11 is 6.82. The number of anilines is 2. The molecule has 0 saturated heterocycles. The number of nitrogens with one attached hydrogen (secondary N) is 2. The van der Waals surface area contributed by atoms with Gasteiger partial charge in [0.25, 0.3) is 0 Å². The summed E-state index contributed by atoms with van der Waals surface area (Å²) in [5, 5.41) is 23.8. The van der Waals surface area contributed by atoms with Crippen molar-refractivity contribution in [3.63, 3.8) is 0 Å². The van der Waals surface area contributed by atoms with Gasteiger partial charge in [-0.3, -0.25) is 9.59 Å². The molecule has 0 unspecified atom stereocenters. The molecular weight excluding hydrogens is 532 g/mol. The number of benzene rings is 3. The zero-order valence-corrected chi connectivity index (χ0v) is 22.7. The zero-order valence-electron chi connectivity index (χ0n) is 21.9. The van der Waals surface area contributed by atoms with E-state index in [4.69, 9.17) is 36.3 Å². The van der Waals surface area contributed by atoms with Gasteiger partial charge in [-0.15, -0.1) is 0 Å². The van der Waals surface area contributed by atoms with Crippen molar-refractivity contribution in [2.75, 3.05) is 32.0 Å². The number of hydrogen-bond donors (Lipinski definition) is 2. The topological polar surface area (TPSA) is 133 Å². The van der Waals surface area contributed by atoms with Crippen LogP contribution in [0.25, 0.3) is 5.03 Å². The molecule has 0 bridgehead atoms. The smallest absolute Gasteiger partial charge is 0.248 e. The summed E-state index contributed by atoms with van der Waals surface area (Å²) in [6, 6.07) is 20.2. The number of rotatable bonds is 10. The van der Waals surface area contributed by atoms with Gasteiger partial charge in [-0.25, -0.2) is 0 Å². The molecule has 0 spiro atoms. The van der Waals surface area contributed by atoms with Gasteiger partial charge >= 0.3 is 0 Å². The van der Waals surface area contributed by atoms with E-state index < -0.39 is 11.8 Å². The van der Waals surface area contributed by atoms with Gasteiger partial charge in [0.1, 0.15) is 0 Å². The van der Waals surface area contributed by atoms with Gasteiger partial charge in [-0.2, -0.15) is 10.5 Å². The highest BCUT2D eigenvalue weighted by molar-refractivity contribution is 6.50. The molecule has 2 amide bonds. The van der Waals surface area contributed by atoms with Crippen molar-refractivity contribution in [1.29, 1.82) is 10.5 Å². The number of nitriles is 2. The summed E-state index contributed by atoms with van der Waals surface area (Å²) in [5.74, 6) is 0.0567. The van der Waals surface area contributed by atoms with E-state index in [0.717, 1.165) is 0 Å². The SMILES string of the molecule is COc1ccc(/C(Cl)=C(\C=C\C(=O)Nc2cccc(C#N)c2)CC(=O)Nc2cccc(C#N)c2)c(OC)c1OC. The van der Waals surface area contributed by atoms with E-state index in [9.17, 15) is 9.59 Å². The second-order valence-corrected chi connectivity index (χ2v) is 8.53. The molecule has 0 fully saturated rings. The van der Waals surface area contributed by atoms with Gasteiger partial charge in [0.05, 0.1) is 56.0 Å². The van der Waals surface area contributed by atoms with Gasteiger partial charge in [0.2, 0.25) is 17.6 Å². The van der Waals surface area contributed by atoms with E-state index in [-0.39, 0.29) is 17.2 Å². The number of allylic oxidation sites excluding steroid dienone is 1. The van der Waals surface area contributed by atoms with Gasteiger partial charge in [-0.1, -0.05) is 29.8 Å². The van der Waals surface area contributed by atoms with E-state index in [1.165, 1.54) is 39.5 Å². The molecule has 0 aliphatic carbocycles. The Hall–Kier alpha value is -5.25.